The van der Waals surface area contributed by atoms with Gasteiger partial charge in [0.05, 0.1) is 11.3 Å². The van der Waals surface area contributed by atoms with E-state index in [-0.39, 0.29) is 11.7 Å². The third-order valence-corrected chi connectivity index (χ3v) is 7.33. The van der Waals surface area contributed by atoms with Gasteiger partial charge in [-0.25, -0.2) is 4.39 Å². The summed E-state index contributed by atoms with van der Waals surface area (Å²) in [5.41, 5.74) is 3.30. The number of unbranched alkanes of at least 4 members (excludes halogenated alkanes) is 4. The molecule has 0 saturated carbocycles. The second kappa shape index (κ2) is 11.1. The van der Waals surface area contributed by atoms with Crippen molar-refractivity contribution in [2.24, 2.45) is 0 Å². The maximum Gasteiger partial charge on any atom is 0.260 e. The first-order valence-electron chi connectivity index (χ1n) is 10.7. The molecule has 6 heteroatoms. The van der Waals surface area contributed by atoms with Crippen molar-refractivity contribution >= 4 is 41.0 Å². The monoisotopic (exact) mass is 446 g/mol. The highest BCUT2D eigenvalue weighted by Gasteiger charge is 2.28. The fraction of sp³-hybridized carbons (Fsp3) is 0.458. The minimum absolute atomic E-state index is 0.138. The highest BCUT2D eigenvalue weighted by Crippen LogP contribution is 2.35. The van der Waals surface area contributed by atoms with E-state index in [2.05, 4.69) is 25.1 Å². The smallest absolute Gasteiger partial charge is 0.260 e. The molecular formula is C24H31FN2OS2. The lowest BCUT2D eigenvalue weighted by Gasteiger charge is -2.23. The summed E-state index contributed by atoms with van der Waals surface area (Å²) in [7, 11) is 1.89. The number of carbonyl (C=O) groups is 1. The van der Waals surface area contributed by atoms with Gasteiger partial charge in [0.15, 0.2) is 0 Å². The van der Waals surface area contributed by atoms with Gasteiger partial charge in [-0.3, -0.25) is 4.79 Å². The zero-order valence-electron chi connectivity index (χ0n) is 18.1. The zero-order valence-corrected chi connectivity index (χ0v) is 19.8. The second-order valence-electron chi connectivity index (χ2n) is 7.60. The van der Waals surface area contributed by atoms with Crippen molar-refractivity contribution in [2.45, 2.75) is 50.3 Å². The van der Waals surface area contributed by atoms with E-state index >= 15 is 0 Å². The molecule has 3 nitrogen and oxygen atoms in total. The Kier molecular flexibility index (Phi) is 8.51. The molecule has 162 valence electrons. The van der Waals surface area contributed by atoms with Crippen LogP contribution in [0.5, 0.6) is 0 Å². The zero-order chi connectivity index (χ0) is 21.5. The van der Waals surface area contributed by atoms with Gasteiger partial charge in [-0.1, -0.05) is 44.6 Å². The Morgan fingerprint density at radius 1 is 1.13 bits per heavy atom. The van der Waals surface area contributed by atoms with Crippen LogP contribution in [-0.4, -0.2) is 31.5 Å². The summed E-state index contributed by atoms with van der Waals surface area (Å²) in [4.78, 5) is 16.4. The molecule has 1 heterocycles. The molecule has 0 aromatic heterocycles. The number of hydrogen-bond donors (Lipinski definition) is 0. The summed E-state index contributed by atoms with van der Waals surface area (Å²) in [6, 6.07) is 10.8. The molecule has 0 bridgehead atoms. The number of anilines is 2. The van der Waals surface area contributed by atoms with Crippen LogP contribution in [-0.2, 0) is 6.42 Å². The maximum absolute atomic E-state index is 13.9. The standard InChI is InChI=1S/C24H31FN2OS2/c1-4-5-6-7-8-15-30-20-10-12-22-18(16-20)13-14-27(22)24(28)21-17-19(25)9-11-23(21)26(2)29-3/h9-12,16-17H,4-8,13-15H2,1-3H3. The van der Waals surface area contributed by atoms with E-state index in [1.54, 1.807) is 11.0 Å². The molecule has 30 heavy (non-hydrogen) atoms. The number of rotatable bonds is 10. The van der Waals surface area contributed by atoms with Crippen molar-refractivity contribution in [1.82, 2.24) is 0 Å². The summed E-state index contributed by atoms with van der Waals surface area (Å²) in [6.07, 6.45) is 9.25. The van der Waals surface area contributed by atoms with Crippen LogP contribution in [0.25, 0.3) is 0 Å². The van der Waals surface area contributed by atoms with Crippen LogP contribution < -0.4 is 9.21 Å². The fourth-order valence-corrected chi connectivity index (χ4v) is 5.10. The molecule has 0 N–H and O–H groups in total. The summed E-state index contributed by atoms with van der Waals surface area (Å²) in [5, 5.41) is 0. The number of halogens is 1. The largest absolute Gasteiger partial charge is 0.319 e. The second-order valence-corrected chi connectivity index (χ2v) is 9.68. The summed E-state index contributed by atoms with van der Waals surface area (Å²) in [6.45, 7) is 2.88. The Morgan fingerprint density at radius 2 is 1.93 bits per heavy atom. The lowest BCUT2D eigenvalue weighted by atomic mass is 10.1. The third-order valence-electron chi connectivity index (χ3n) is 5.51. The number of benzene rings is 2. The van der Waals surface area contributed by atoms with Crippen molar-refractivity contribution in [1.29, 1.82) is 0 Å². The number of hydrogen-bond acceptors (Lipinski definition) is 4. The predicted octanol–water partition coefficient (Wildman–Crippen LogP) is 6.81. The molecular weight excluding hydrogens is 415 g/mol. The number of carbonyl (C=O) groups excluding carboxylic acids is 1. The van der Waals surface area contributed by atoms with E-state index in [9.17, 15) is 9.18 Å². The van der Waals surface area contributed by atoms with Crippen LogP contribution in [0, 0.1) is 5.82 Å². The molecule has 0 unspecified atom stereocenters. The van der Waals surface area contributed by atoms with Crippen molar-refractivity contribution in [2.75, 3.05) is 34.8 Å². The molecule has 3 rings (SSSR count). The number of amides is 1. The predicted molar refractivity (Wildman–Crippen MR) is 130 cm³/mol. The lowest BCUT2D eigenvalue weighted by Crippen LogP contribution is -2.30. The van der Waals surface area contributed by atoms with Gasteiger partial charge in [0.2, 0.25) is 0 Å². The van der Waals surface area contributed by atoms with Crippen LogP contribution in [0.15, 0.2) is 41.3 Å². The van der Waals surface area contributed by atoms with E-state index in [4.69, 9.17) is 0 Å². The maximum atomic E-state index is 13.9. The average molecular weight is 447 g/mol. The lowest BCUT2D eigenvalue weighted by molar-refractivity contribution is 0.0989. The molecule has 2 aromatic carbocycles. The van der Waals surface area contributed by atoms with Gasteiger partial charge in [0, 0.05) is 30.4 Å². The van der Waals surface area contributed by atoms with Crippen LogP contribution in [0.1, 0.15) is 54.9 Å². The van der Waals surface area contributed by atoms with E-state index in [1.165, 1.54) is 66.6 Å². The van der Waals surface area contributed by atoms with Gasteiger partial charge in [0.1, 0.15) is 5.82 Å². The number of nitrogens with zero attached hydrogens (tertiary/aromatic N) is 2. The first-order chi connectivity index (χ1) is 14.5. The molecule has 1 amide bonds. The molecule has 0 atom stereocenters. The van der Waals surface area contributed by atoms with Gasteiger partial charge in [0.25, 0.3) is 5.91 Å². The van der Waals surface area contributed by atoms with Crippen molar-refractivity contribution in [3.8, 4) is 0 Å². The summed E-state index contributed by atoms with van der Waals surface area (Å²) < 4.78 is 15.8. The molecule has 2 aromatic rings. The minimum atomic E-state index is -0.387. The first-order valence-corrected chi connectivity index (χ1v) is 12.9. The Bertz CT molecular complexity index is 874. The van der Waals surface area contributed by atoms with Gasteiger partial charge in [-0.2, -0.15) is 0 Å². The third kappa shape index (κ3) is 5.52. The van der Waals surface area contributed by atoms with Crippen molar-refractivity contribution in [3.05, 3.63) is 53.3 Å². The van der Waals surface area contributed by atoms with E-state index in [1.807, 2.05) is 29.4 Å². The van der Waals surface area contributed by atoms with Gasteiger partial charge >= 0.3 is 0 Å². The molecule has 0 saturated heterocycles. The Balaban J connectivity index is 1.70. The topological polar surface area (TPSA) is 23.6 Å². The Labute approximate surface area is 188 Å². The van der Waals surface area contributed by atoms with Gasteiger partial charge < -0.3 is 9.21 Å². The van der Waals surface area contributed by atoms with E-state index in [0.29, 0.717) is 12.1 Å². The SMILES string of the molecule is CCCCCCCSc1ccc2c(c1)CCN2C(=O)c1cc(F)ccc1N(C)SC. The fourth-order valence-electron chi connectivity index (χ4n) is 3.77. The van der Waals surface area contributed by atoms with Crippen LogP contribution in [0.3, 0.4) is 0 Å². The van der Waals surface area contributed by atoms with Gasteiger partial charge in [-0.05, 0) is 60.6 Å². The van der Waals surface area contributed by atoms with Crippen molar-refractivity contribution < 1.29 is 9.18 Å². The molecule has 1 aliphatic heterocycles. The normalized spacial score (nSPS) is 12.9. The molecule has 0 fully saturated rings. The van der Waals surface area contributed by atoms with E-state index in [0.717, 1.165) is 23.5 Å². The van der Waals surface area contributed by atoms with E-state index < -0.39 is 0 Å². The Morgan fingerprint density at radius 3 is 2.70 bits per heavy atom. The summed E-state index contributed by atoms with van der Waals surface area (Å²) in [5.74, 6) is 0.612. The number of thioether (sulfide) groups is 1. The minimum Gasteiger partial charge on any atom is -0.319 e. The quantitative estimate of drug-likeness (QED) is 0.227. The molecule has 0 aliphatic carbocycles. The van der Waals surface area contributed by atoms with Crippen LogP contribution in [0.2, 0.25) is 0 Å². The summed E-state index contributed by atoms with van der Waals surface area (Å²) >= 11 is 3.40. The van der Waals surface area contributed by atoms with Gasteiger partial charge in [-0.15, -0.1) is 11.8 Å². The van der Waals surface area contributed by atoms with Crippen molar-refractivity contribution in [3.63, 3.8) is 0 Å². The molecule has 0 spiro atoms. The van der Waals surface area contributed by atoms with Crippen LogP contribution >= 0.6 is 23.7 Å². The Hall–Kier alpha value is -1.66. The average Bonchev–Trinajstić information content (AvgIpc) is 3.18. The molecule has 0 radical (unpaired) electrons. The van der Waals surface area contributed by atoms with Crippen LogP contribution in [0.4, 0.5) is 15.8 Å². The number of fused-ring (bicyclic) bond motifs is 1. The highest BCUT2D eigenvalue weighted by molar-refractivity contribution is 8.00. The highest BCUT2D eigenvalue weighted by atomic mass is 32.2. The first kappa shape index (κ1) is 23.0. The molecule has 1 aliphatic rings.